The van der Waals surface area contributed by atoms with Crippen molar-refractivity contribution in [3.8, 4) is 0 Å². The van der Waals surface area contributed by atoms with Gasteiger partial charge in [0.15, 0.2) is 0 Å². The van der Waals surface area contributed by atoms with E-state index in [-0.39, 0.29) is 0 Å². The van der Waals surface area contributed by atoms with Crippen LogP contribution in [-0.4, -0.2) is 44.4 Å². The Morgan fingerprint density at radius 1 is 1.30 bits per heavy atom. The molecule has 122 valence electrons. The second kappa shape index (κ2) is 6.66. The van der Waals surface area contributed by atoms with Crippen LogP contribution < -0.4 is 16.0 Å². The Morgan fingerprint density at radius 3 is 2.91 bits per heavy atom. The number of quaternary nitrogens is 1. The van der Waals surface area contributed by atoms with Gasteiger partial charge in [0.1, 0.15) is 11.5 Å². The lowest BCUT2D eigenvalue weighted by Gasteiger charge is -2.14. The summed E-state index contributed by atoms with van der Waals surface area (Å²) in [6, 6.07) is 1.86. The summed E-state index contributed by atoms with van der Waals surface area (Å²) in [4.78, 5) is 13.3. The van der Waals surface area contributed by atoms with E-state index in [0.717, 1.165) is 42.9 Å². The number of nitrogens with one attached hydrogen (secondary N) is 3. The Balaban J connectivity index is 1.68. The van der Waals surface area contributed by atoms with Gasteiger partial charge >= 0.3 is 0 Å². The molecule has 8 nitrogen and oxygen atoms in total. The Bertz CT molecular complexity index is 771. The third-order valence-corrected chi connectivity index (χ3v) is 4.03. The quantitative estimate of drug-likeness (QED) is 0.506. The van der Waals surface area contributed by atoms with Crippen molar-refractivity contribution in [3.63, 3.8) is 0 Å². The van der Waals surface area contributed by atoms with Crippen molar-refractivity contribution >= 4 is 28.5 Å². The summed E-state index contributed by atoms with van der Waals surface area (Å²) in [6.45, 7) is 8.61. The maximum absolute atomic E-state index is 5.94. The minimum absolute atomic E-state index is 0.455. The molecule has 0 spiro atoms. The van der Waals surface area contributed by atoms with Crippen LogP contribution in [0.15, 0.2) is 24.7 Å². The third kappa shape index (κ3) is 3.42. The number of hydrogen-bond acceptors (Lipinski definition) is 5. The van der Waals surface area contributed by atoms with Gasteiger partial charge in [-0.15, -0.1) is 0 Å². The van der Waals surface area contributed by atoms with Gasteiger partial charge in [0.2, 0.25) is 5.95 Å². The van der Waals surface area contributed by atoms with Gasteiger partial charge in [-0.2, -0.15) is 15.1 Å². The van der Waals surface area contributed by atoms with E-state index in [4.69, 9.17) is 5.73 Å². The number of nitrogen functional groups attached to an aromatic ring is 1. The van der Waals surface area contributed by atoms with Crippen molar-refractivity contribution in [1.29, 1.82) is 0 Å². The van der Waals surface area contributed by atoms with Gasteiger partial charge in [-0.3, -0.25) is 4.68 Å². The summed E-state index contributed by atoms with van der Waals surface area (Å²) in [5.74, 6) is 0.919. The van der Waals surface area contributed by atoms with Gasteiger partial charge in [0.05, 0.1) is 43.4 Å². The fourth-order valence-electron chi connectivity index (χ4n) is 2.58. The van der Waals surface area contributed by atoms with E-state index < -0.39 is 0 Å². The van der Waals surface area contributed by atoms with Gasteiger partial charge in [-0.1, -0.05) is 0 Å². The predicted molar refractivity (Wildman–Crippen MR) is 90.7 cm³/mol. The number of fused-ring (bicyclic) bond motifs is 1. The maximum atomic E-state index is 5.94. The fraction of sp³-hybridized carbons (Fsp3) is 0.400. The molecule has 23 heavy (non-hydrogen) atoms. The van der Waals surface area contributed by atoms with E-state index in [1.807, 2.05) is 16.9 Å². The van der Waals surface area contributed by atoms with Crippen molar-refractivity contribution in [3.05, 3.63) is 24.7 Å². The number of rotatable bonds is 7. The van der Waals surface area contributed by atoms with Crippen LogP contribution in [0.1, 0.15) is 13.8 Å². The Kier molecular flexibility index (Phi) is 4.42. The first-order valence-electron chi connectivity index (χ1n) is 7.93. The summed E-state index contributed by atoms with van der Waals surface area (Å²) in [7, 11) is 0. The molecule has 0 bridgehead atoms. The van der Waals surface area contributed by atoms with E-state index >= 15 is 0 Å². The number of anilines is 3. The Morgan fingerprint density at radius 2 is 2.13 bits per heavy atom. The minimum Gasteiger partial charge on any atom is -0.383 e. The fourth-order valence-corrected chi connectivity index (χ4v) is 2.58. The molecule has 0 aliphatic rings. The zero-order valence-electron chi connectivity index (χ0n) is 13.5. The van der Waals surface area contributed by atoms with Gasteiger partial charge in [-0.25, -0.2) is 0 Å². The van der Waals surface area contributed by atoms with Crippen LogP contribution >= 0.6 is 0 Å². The monoisotopic (exact) mass is 315 g/mol. The van der Waals surface area contributed by atoms with E-state index in [0.29, 0.717) is 11.8 Å². The van der Waals surface area contributed by atoms with E-state index in [9.17, 15) is 0 Å². The molecule has 5 N–H and O–H groups in total. The summed E-state index contributed by atoms with van der Waals surface area (Å²) >= 11 is 0. The molecule has 0 aliphatic heterocycles. The van der Waals surface area contributed by atoms with Crippen LogP contribution in [0.3, 0.4) is 0 Å². The molecule has 0 unspecified atom stereocenters. The lowest BCUT2D eigenvalue weighted by atomic mass is 10.4. The van der Waals surface area contributed by atoms with Crippen molar-refractivity contribution in [2.45, 2.75) is 20.4 Å². The summed E-state index contributed by atoms with van der Waals surface area (Å²) in [5.41, 5.74) is 7.51. The predicted octanol–water partition coefficient (Wildman–Crippen LogP) is 0.405. The van der Waals surface area contributed by atoms with Crippen molar-refractivity contribution in [2.75, 3.05) is 30.7 Å². The molecule has 8 heteroatoms. The highest BCUT2D eigenvalue weighted by atomic mass is 15.3. The lowest BCUT2D eigenvalue weighted by molar-refractivity contribution is -0.897. The van der Waals surface area contributed by atoms with Crippen molar-refractivity contribution in [1.82, 2.24) is 24.7 Å². The zero-order chi connectivity index (χ0) is 16.2. The zero-order valence-corrected chi connectivity index (χ0v) is 13.5. The molecule has 3 heterocycles. The number of nitrogens with two attached hydrogens (primary N) is 1. The van der Waals surface area contributed by atoms with E-state index in [1.165, 1.54) is 0 Å². The third-order valence-electron chi connectivity index (χ3n) is 4.03. The van der Waals surface area contributed by atoms with Crippen LogP contribution in [0.25, 0.3) is 11.0 Å². The van der Waals surface area contributed by atoms with Gasteiger partial charge in [-0.05, 0) is 19.9 Å². The van der Waals surface area contributed by atoms with Crippen LogP contribution in [0.5, 0.6) is 0 Å². The summed E-state index contributed by atoms with van der Waals surface area (Å²) in [6.07, 6.45) is 5.53. The van der Waals surface area contributed by atoms with Crippen molar-refractivity contribution in [2.24, 2.45) is 0 Å². The Labute approximate surface area is 134 Å². The van der Waals surface area contributed by atoms with E-state index in [1.54, 1.807) is 17.3 Å². The second-order valence-electron chi connectivity index (χ2n) is 5.50. The minimum atomic E-state index is 0.455. The maximum Gasteiger partial charge on any atom is 0.231 e. The van der Waals surface area contributed by atoms with Crippen molar-refractivity contribution < 1.29 is 4.90 Å². The van der Waals surface area contributed by atoms with E-state index in [2.05, 4.69) is 39.2 Å². The topological polar surface area (TPSA) is 102 Å². The molecule has 0 aromatic carbocycles. The van der Waals surface area contributed by atoms with Gasteiger partial charge < -0.3 is 20.9 Å². The van der Waals surface area contributed by atoms with Crippen LogP contribution in [-0.2, 0) is 6.54 Å². The number of aromatic nitrogens is 5. The van der Waals surface area contributed by atoms with Crippen LogP contribution in [0.4, 0.5) is 17.5 Å². The molecule has 0 aliphatic carbocycles. The summed E-state index contributed by atoms with van der Waals surface area (Å²) in [5, 5.41) is 8.35. The SMILES string of the molecule is CC[NH+](CC)CCn1cc(Nc2nc(N)c3cc[nH]c3n2)cn1. The van der Waals surface area contributed by atoms with Crippen LogP contribution in [0.2, 0.25) is 0 Å². The molecule has 0 saturated heterocycles. The van der Waals surface area contributed by atoms with Gasteiger partial charge in [0.25, 0.3) is 0 Å². The first-order valence-corrected chi connectivity index (χ1v) is 7.93. The first kappa shape index (κ1) is 15.3. The second-order valence-corrected chi connectivity index (χ2v) is 5.50. The highest BCUT2D eigenvalue weighted by Crippen LogP contribution is 2.20. The molecular formula is C15H23N8+. The molecule has 0 amide bonds. The molecule has 0 radical (unpaired) electrons. The average molecular weight is 315 g/mol. The highest BCUT2D eigenvalue weighted by Gasteiger charge is 2.08. The standard InChI is InChI=1S/C15H22N8/c1-3-22(4-2)7-8-23-10-11(9-18-23)19-15-20-13(16)12-5-6-17-14(12)21-15/h5-6,9-10H,3-4,7-8H2,1-2H3,(H4,16,17,19,20,21)/p+1. The number of H-pyrrole nitrogens is 1. The number of likely N-dealkylation sites (N-methyl/N-ethyl adjacent to an activating group) is 1. The lowest BCUT2D eigenvalue weighted by Crippen LogP contribution is -3.11. The molecule has 0 fully saturated rings. The molecule has 0 atom stereocenters. The molecular weight excluding hydrogens is 292 g/mol. The molecule has 3 rings (SSSR count). The largest absolute Gasteiger partial charge is 0.383 e. The average Bonchev–Trinajstić information content (AvgIpc) is 3.18. The molecule has 3 aromatic rings. The first-order chi connectivity index (χ1) is 11.2. The van der Waals surface area contributed by atoms with Gasteiger partial charge in [0, 0.05) is 12.4 Å². The number of aromatic amines is 1. The van der Waals surface area contributed by atoms with Crippen LogP contribution in [0, 0.1) is 0 Å². The Hall–Kier alpha value is -2.61. The molecule has 0 saturated carbocycles. The summed E-state index contributed by atoms with van der Waals surface area (Å²) < 4.78 is 1.93. The highest BCUT2D eigenvalue weighted by molar-refractivity contribution is 5.87. The number of hydrogen-bond donors (Lipinski definition) is 4. The smallest absolute Gasteiger partial charge is 0.231 e. The molecule has 3 aromatic heterocycles. The number of nitrogens with zero attached hydrogens (tertiary/aromatic N) is 4. The normalized spacial score (nSPS) is 11.4.